The van der Waals surface area contributed by atoms with Crippen molar-refractivity contribution in [1.82, 2.24) is 19.8 Å². The summed E-state index contributed by atoms with van der Waals surface area (Å²) in [5.41, 5.74) is 1.16. The fourth-order valence-corrected chi connectivity index (χ4v) is 3.04. The second-order valence-electron chi connectivity index (χ2n) is 6.74. The van der Waals surface area contributed by atoms with Crippen LogP contribution in [0.1, 0.15) is 23.2 Å². The number of nitrogens with one attached hydrogen (secondary N) is 2. The minimum Gasteiger partial charge on any atom is -0.379 e. The molecular formula is C20H27N5O3. The smallest absolute Gasteiger partial charge is 0.251 e. The Morgan fingerprint density at radius 1 is 1.18 bits per heavy atom. The first-order valence-electron chi connectivity index (χ1n) is 9.65. The highest BCUT2D eigenvalue weighted by Gasteiger charge is 2.11. The molecule has 2 N–H and O–H groups in total. The van der Waals surface area contributed by atoms with Gasteiger partial charge in [-0.25, -0.2) is 4.98 Å². The first-order chi connectivity index (χ1) is 13.7. The summed E-state index contributed by atoms with van der Waals surface area (Å²) in [6.45, 7) is 5.62. The topological polar surface area (TPSA) is 88.5 Å². The van der Waals surface area contributed by atoms with Gasteiger partial charge in [-0.3, -0.25) is 14.5 Å². The van der Waals surface area contributed by atoms with Gasteiger partial charge in [0.15, 0.2) is 0 Å². The van der Waals surface area contributed by atoms with Crippen molar-refractivity contribution in [3.8, 4) is 0 Å². The van der Waals surface area contributed by atoms with Crippen LogP contribution in [-0.2, 0) is 16.1 Å². The summed E-state index contributed by atoms with van der Waals surface area (Å²) in [4.78, 5) is 30.7. The van der Waals surface area contributed by atoms with Gasteiger partial charge in [-0.15, -0.1) is 0 Å². The number of carbonyl (C=O) groups is 2. The summed E-state index contributed by atoms with van der Waals surface area (Å²) in [6, 6.07) is 7.00. The molecule has 28 heavy (non-hydrogen) atoms. The van der Waals surface area contributed by atoms with E-state index >= 15 is 0 Å². The standard InChI is InChI=1S/C20H27N5O3/c26-19(5-9-25-10-7-21-16-25)23-18-4-1-3-17(15-18)20(27)22-6-2-8-24-11-13-28-14-12-24/h1,3-4,7,10,15-16H,2,5-6,8-9,11-14H2,(H,22,27)(H,23,26). The average molecular weight is 385 g/mol. The van der Waals surface area contributed by atoms with Crippen molar-refractivity contribution in [3.63, 3.8) is 0 Å². The number of morpholine rings is 1. The van der Waals surface area contributed by atoms with Gasteiger partial charge < -0.3 is 19.9 Å². The summed E-state index contributed by atoms with van der Waals surface area (Å²) < 4.78 is 7.18. The van der Waals surface area contributed by atoms with Crippen LogP contribution in [0, 0.1) is 0 Å². The van der Waals surface area contributed by atoms with Crippen molar-refractivity contribution in [2.45, 2.75) is 19.4 Å². The molecule has 0 unspecified atom stereocenters. The van der Waals surface area contributed by atoms with Crippen LogP contribution in [0.25, 0.3) is 0 Å². The maximum absolute atomic E-state index is 12.3. The summed E-state index contributed by atoms with van der Waals surface area (Å²) in [5, 5.41) is 5.78. The number of benzene rings is 1. The van der Waals surface area contributed by atoms with E-state index in [1.54, 1.807) is 36.8 Å². The van der Waals surface area contributed by atoms with Crippen molar-refractivity contribution in [2.24, 2.45) is 0 Å². The fraction of sp³-hybridized carbons (Fsp3) is 0.450. The number of hydrogen-bond acceptors (Lipinski definition) is 5. The van der Waals surface area contributed by atoms with Crippen LogP contribution >= 0.6 is 0 Å². The zero-order valence-electron chi connectivity index (χ0n) is 16.0. The van der Waals surface area contributed by atoms with Gasteiger partial charge in [-0.1, -0.05) is 6.07 Å². The quantitative estimate of drug-likeness (QED) is 0.637. The molecule has 1 aromatic carbocycles. The van der Waals surface area contributed by atoms with Crippen molar-refractivity contribution in [1.29, 1.82) is 0 Å². The van der Waals surface area contributed by atoms with Crippen molar-refractivity contribution < 1.29 is 14.3 Å². The van der Waals surface area contributed by atoms with Gasteiger partial charge in [0.05, 0.1) is 19.5 Å². The van der Waals surface area contributed by atoms with Gasteiger partial charge in [0.1, 0.15) is 0 Å². The fourth-order valence-electron chi connectivity index (χ4n) is 3.04. The molecule has 3 rings (SSSR count). The highest BCUT2D eigenvalue weighted by atomic mass is 16.5. The Hall–Kier alpha value is -2.71. The van der Waals surface area contributed by atoms with Gasteiger partial charge in [-0.2, -0.15) is 0 Å². The molecule has 1 aliphatic rings. The van der Waals surface area contributed by atoms with E-state index in [2.05, 4.69) is 20.5 Å². The largest absolute Gasteiger partial charge is 0.379 e. The average Bonchev–Trinajstić information content (AvgIpc) is 3.24. The number of nitrogens with zero attached hydrogens (tertiary/aromatic N) is 3. The number of hydrogen-bond donors (Lipinski definition) is 2. The Morgan fingerprint density at radius 3 is 2.82 bits per heavy atom. The molecule has 1 aromatic heterocycles. The Bertz CT molecular complexity index is 757. The number of amides is 2. The summed E-state index contributed by atoms with van der Waals surface area (Å²) in [7, 11) is 0. The van der Waals surface area contributed by atoms with Gasteiger partial charge >= 0.3 is 0 Å². The number of aryl methyl sites for hydroxylation is 1. The van der Waals surface area contributed by atoms with E-state index in [0.29, 0.717) is 30.8 Å². The lowest BCUT2D eigenvalue weighted by Gasteiger charge is -2.26. The molecule has 1 fully saturated rings. The SMILES string of the molecule is O=C(CCn1ccnc1)Nc1cccc(C(=O)NCCCN2CCOCC2)c1. The third-order valence-corrected chi connectivity index (χ3v) is 4.61. The summed E-state index contributed by atoms with van der Waals surface area (Å²) in [5.74, 6) is -0.228. The maximum atomic E-state index is 12.3. The molecule has 8 heteroatoms. The maximum Gasteiger partial charge on any atom is 0.251 e. The lowest BCUT2D eigenvalue weighted by Crippen LogP contribution is -2.38. The van der Waals surface area contributed by atoms with E-state index in [1.165, 1.54) is 0 Å². The Labute approximate surface area is 164 Å². The summed E-state index contributed by atoms with van der Waals surface area (Å²) in [6.07, 6.45) is 6.42. The Morgan fingerprint density at radius 2 is 2.04 bits per heavy atom. The molecule has 150 valence electrons. The normalized spacial score (nSPS) is 14.6. The van der Waals surface area contributed by atoms with E-state index in [-0.39, 0.29) is 11.8 Å². The van der Waals surface area contributed by atoms with Crippen LogP contribution in [0.2, 0.25) is 0 Å². The molecule has 0 bridgehead atoms. The van der Waals surface area contributed by atoms with E-state index in [4.69, 9.17) is 4.74 Å². The van der Waals surface area contributed by atoms with Crippen LogP contribution in [0.4, 0.5) is 5.69 Å². The number of carbonyl (C=O) groups excluding carboxylic acids is 2. The van der Waals surface area contributed by atoms with E-state index in [1.807, 2.05) is 10.8 Å². The van der Waals surface area contributed by atoms with Gasteiger partial charge in [0, 0.05) is 56.2 Å². The van der Waals surface area contributed by atoms with E-state index < -0.39 is 0 Å². The van der Waals surface area contributed by atoms with Crippen molar-refractivity contribution in [3.05, 3.63) is 48.5 Å². The number of imidazole rings is 1. The lowest BCUT2D eigenvalue weighted by molar-refractivity contribution is -0.116. The van der Waals surface area contributed by atoms with Crippen LogP contribution < -0.4 is 10.6 Å². The predicted octanol–water partition coefficient (Wildman–Crippen LogP) is 1.36. The minimum absolute atomic E-state index is 0.100. The predicted molar refractivity (Wildman–Crippen MR) is 106 cm³/mol. The first kappa shape index (κ1) is 20.0. The lowest BCUT2D eigenvalue weighted by atomic mass is 10.2. The molecule has 0 atom stereocenters. The molecule has 1 saturated heterocycles. The zero-order valence-corrected chi connectivity index (χ0v) is 16.0. The zero-order chi connectivity index (χ0) is 19.6. The molecule has 0 aliphatic carbocycles. The van der Waals surface area contributed by atoms with Crippen LogP contribution in [0.5, 0.6) is 0 Å². The van der Waals surface area contributed by atoms with Gasteiger partial charge in [-0.05, 0) is 31.2 Å². The highest BCUT2D eigenvalue weighted by molar-refractivity contribution is 5.97. The first-order valence-corrected chi connectivity index (χ1v) is 9.65. The monoisotopic (exact) mass is 385 g/mol. The second kappa shape index (κ2) is 10.6. The van der Waals surface area contributed by atoms with Crippen LogP contribution in [-0.4, -0.2) is 65.7 Å². The van der Waals surface area contributed by atoms with Crippen molar-refractivity contribution in [2.75, 3.05) is 44.7 Å². The van der Waals surface area contributed by atoms with Gasteiger partial charge in [0.2, 0.25) is 5.91 Å². The summed E-state index contributed by atoms with van der Waals surface area (Å²) >= 11 is 0. The molecular weight excluding hydrogens is 358 g/mol. The third-order valence-electron chi connectivity index (χ3n) is 4.61. The van der Waals surface area contributed by atoms with Crippen LogP contribution in [0.15, 0.2) is 43.0 Å². The Balaban J connectivity index is 1.40. The Kier molecular flexibility index (Phi) is 7.57. The number of rotatable bonds is 9. The molecule has 2 aromatic rings. The molecule has 1 aliphatic heterocycles. The molecule has 8 nitrogen and oxygen atoms in total. The molecule has 0 radical (unpaired) electrons. The third kappa shape index (κ3) is 6.47. The van der Waals surface area contributed by atoms with E-state index in [0.717, 1.165) is 39.3 Å². The molecule has 2 amide bonds. The molecule has 0 saturated carbocycles. The van der Waals surface area contributed by atoms with Crippen molar-refractivity contribution >= 4 is 17.5 Å². The molecule has 0 spiro atoms. The van der Waals surface area contributed by atoms with Crippen LogP contribution in [0.3, 0.4) is 0 Å². The molecule has 2 heterocycles. The highest BCUT2D eigenvalue weighted by Crippen LogP contribution is 2.11. The number of aromatic nitrogens is 2. The van der Waals surface area contributed by atoms with E-state index in [9.17, 15) is 9.59 Å². The minimum atomic E-state index is -0.128. The number of anilines is 1. The second-order valence-corrected chi connectivity index (χ2v) is 6.74. The number of ether oxygens (including phenoxy) is 1. The van der Waals surface area contributed by atoms with Gasteiger partial charge in [0.25, 0.3) is 5.91 Å².